The Morgan fingerprint density at radius 3 is 2.23 bits per heavy atom. The van der Waals surface area contributed by atoms with Gasteiger partial charge in [0.05, 0.1) is 4.91 Å². The summed E-state index contributed by atoms with van der Waals surface area (Å²) in [6, 6.07) is 0. The highest BCUT2D eigenvalue weighted by atomic mass is 32.2. The van der Waals surface area contributed by atoms with Crippen LogP contribution in [0, 0.1) is 11.8 Å². The van der Waals surface area contributed by atoms with E-state index in [1.807, 2.05) is 13.8 Å². The lowest BCUT2D eigenvalue weighted by atomic mass is 9.92. The molecule has 0 aromatic heterocycles. The van der Waals surface area contributed by atoms with Crippen LogP contribution in [0.3, 0.4) is 0 Å². The third-order valence-corrected chi connectivity index (χ3v) is 2.99. The zero-order valence-corrected chi connectivity index (χ0v) is 7.88. The minimum Gasteiger partial charge on any atom is -0.282 e. The summed E-state index contributed by atoms with van der Waals surface area (Å²) in [6.45, 7) is 3.91. The van der Waals surface area contributed by atoms with Crippen LogP contribution in [0.15, 0.2) is 23.1 Å². The summed E-state index contributed by atoms with van der Waals surface area (Å²) >= 11 is 0. The van der Waals surface area contributed by atoms with Crippen LogP contribution in [0.25, 0.3) is 0 Å². The Kier molecular flexibility index (Phi) is 3.88. The van der Waals surface area contributed by atoms with Crippen molar-refractivity contribution < 1.29 is 13.0 Å². The summed E-state index contributed by atoms with van der Waals surface area (Å²) in [5, 5.41) is 0. The van der Waals surface area contributed by atoms with Gasteiger partial charge in [0, 0.05) is 0 Å². The summed E-state index contributed by atoms with van der Waals surface area (Å²) in [5.41, 5.74) is 0. The molecule has 4 heteroatoms. The maximum absolute atomic E-state index is 10.7. The first-order valence-electron chi connectivity index (χ1n) is 3.79. The van der Waals surface area contributed by atoms with Crippen LogP contribution in [0.2, 0.25) is 0 Å². The molecule has 76 valence electrons. The van der Waals surface area contributed by atoms with Crippen LogP contribution in [0.1, 0.15) is 21.3 Å². The molecule has 0 spiro atoms. The van der Waals surface area contributed by atoms with Gasteiger partial charge in [-0.15, -0.1) is 0 Å². The van der Waals surface area contributed by atoms with E-state index in [1.54, 1.807) is 12.2 Å². The highest BCUT2D eigenvalue weighted by molar-refractivity contribution is 7.90. The molecule has 0 aliphatic heterocycles. The summed E-state index contributed by atoms with van der Waals surface area (Å²) in [5.74, 6) is 0.488. The lowest BCUT2D eigenvalue weighted by molar-refractivity contribution is 0.488. The smallest absolute Gasteiger partial charge is 0.282 e. The maximum atomic E-state index is 10.7. The van der Waals surface area contributed by atoms with Crippen LogP contribution in [-0.4, -0.2) is 13.0 Å². The van der Waals surface area contributed by atoms with Gasteiger partial charge in [-0.2, -0.15) is 8.42 Å². The number of rotatable bonds is 1. The minimum atomic E-state index is -4.01. The number of hydrogen-bond donors (Lipinski definition) is 1. The Morgan fingerprint density at radius 1 is 1.31 bits per heavy atom. The van der Waals surface area contributed by atoms with Gasteiger partial charge in [0.1, 0.15) is 0 Å². The molecule has 1 aliphatic carbocycles. The van der Waals surface area contributed by atoms with E-state index in [0.29, 0.717) is 5.92 Å². The van der Waals surface area contributed by atoms with Crippen LogP contribution in [-0.2, 0) is 10.1 Å². The van der Waals surface area contributed by atoms with Gasteiger partial charge < -0.3 is 0 Å². The Labute approximate surface area is 79.9 Å². The maximum Gasteiger partial charge on any atom is 0.294 e. The number of allylic oxidation sites excluding steroid dienone is 3. The van der Waals surface area contributed by atoms with Gasteiger partial charge in [0.2, 0.25) is 0 Å². The molecule has 0 saturated heterocycles. The molecule has 3 nitrogen and oxygen atoms in total. The van der Waals surface area contributed by atoms with E-state index in [9.17, 15) is 8.42 Å². The van der Waals surface area contributed by atoms with Crippen LogP contribution in [0.5, 0.6) is 0 Å². The molecule has 0 aromatic carbocycles. The van der Waals surface area contributed by atoms with Crippen molar-refractivity contribution in [3.8, 4) is 0 Å². The molecule has 0 saturated carbocycles. The lowest BCUT2D eigenvalue weighted by Crippen LogP contribution is -2.11. The Hall–Kier alpha value is -0.610. The molecule has 1 N–H and O–H groups in total. The van der Waals surface area contributed by atoms with Crippen molar-refractivity contribution in [2.24, 2.45) is 11.8 Å². The standard InChI is InChI=1S/C8H12O3S.CH4/c1-6-3-4-8(5-7(6)2)12(9,10)11;/h3-7H,1-2H3,(H,9,10,11);1H4. The van der Waals surface area contributed by atoms with Crippen LogP contribution in [0.4, 0.5) is 0 Å². The van der Waals surface area contributed by atoms with Crippen molar-refractivity contribution in [2.75, 3.05) is 0 Å². The molecule has 0 bridgehead atoms. The quantitative estimate of drug-likeness (QED) is 0.666. The normalized spacial score (nSPS) is 27.8. The van der Waals surface area contributed by atoms with Crippen molar-refractivity contribution in [1.82, 2.24) is 0 Å². The monoisotopic (exact) mass is 204 g/mol. The van der Waals surface area contributed by atoms with Gasteiger partial charge in [-0.05, 0) is 17.9 Å². The first kappa shape index (κ1) is 12.4. The molecule has 0 aromatic rings. The van der Waals surface area contributed by atoms with Gasteiger partial charge in [-0.25, -0.2) is 0 Å². The summed E-state index contributed by atoms with van der Waals surface area (Å²) < 4.78 is 30.0. The topological polar surface area (TPSA) is 54.4 Å². The zero-order chi connectivity index (χ0) is 9.35. The Balaban J connectivity index is 0.00000144. The zero-order valence-electron chi connectivity index (χ0n) is 7.06. The molecule has 0 fully saturated rings. The van der Waals surface area contributed by atoms with Crippen molar-refractivity contribution in [3.63, 3.8) is 0 Å². The average molecular weight is 204 g/mol. The van der Waals surface area contributed by atoms with Crippen molar-refractivity contribution >= 4 is 10.1 Å². The first-order valence-corrected chi connectivity index (χ1v) is 5.23. The fraction of sp³-hybridized carbons (Fsp3) is 0.556. The van der Waals surface area contributed by atoms with E-state index in [1.165, 1.54) is 6.08 Å². The van der Waals surface area contributed by atoms with Crippen molar-refractivity contribution in [2.45, 2.75) is 21.3 Å². The van der Waals surface area contributed by atoms with Crippen molar-refractivity contribution in [1.29, 1.82) is 0 Å². The van der Waals surface area contributed by atoms with Gasteiger partial charge in [0.15, 0.2) is 0 Å². The van der Waals surface area contributed by atoms with Crippen LogP contribution < -0.4 is 0 Å². The van der Waals surface area contributed by atoms with E-state index < -0.39 is 10.1 Å². The van der Waals surface area contributed by atoms with Crippen LogP contribution >= 0.6 is 0 Å². The molecule has 0 heterocycles. The minimum absolute atomic E-state index is 0. The molecule has 0 amide bonds. The van der Waals surface area contributed by atoms with E-state index in [2.05, 4.69) is 0 Å². The molecular weight excluding hydrogens is 188 g/mol. The largest absolute Gasteiger partial charge is 0.294 e. The third kappa shape index (κ3) is 2.97. The Morgan fingerprint density at radius 2 is 1.85 bits per heavy atom. The predicted octanol–water partition coefficient (Wildman–Crippen LogP) is 2.24. The summed E-state index contributed by atoms with van der Waals surface area (Å²) in [6.07, 6.45) is 4.80. The first-order chi connectivity index (χ1) is 5.41. The molecule has 1 rings (SSSR count). The molecule has 2 atom stereocenters. The summed E-state index contributed by atoms with van der Waals surface area (Å²) in [7, 11) is -4.01. The van der Waals surface area contributed by atoms with E-state index in [4.69, 9.17) is 4.55 Å². The molecule has 13 heavy (non-hydrogen) atoms. The molecule has 2 unspecified atom stereocenters. The second-order valence-electron chi connectivity index (χ2n) is 3.12. The highest BCUT2D eigenvalue weighted by Gasteiger charge is 2.18. The second kappa shape index (κ2) is 4.07. The molecular formula is C9H16O3S. The fourth-order valence-electron chi connectivity index (χ4n) is 1.06. The van der Waals surface area contributed by atoms with Gasteiger partial charge in [-0.1, -0.05) is 33.4 Å². The molecule has 1 aliphatic rings. The summed E-state index contributed by atoms with van der Waals surface area (Å²) in [4.78, 5) is 0.00750. The second-order valence-corrected chi connectivity index (χ2v) is 4.54. The number of hydrogen-bond acceptors (Lipinski definition) is 2. The van der Waals surface area contributed by atoms with Gasteiger partial charge in [-0.3, -0.25) is 4.55 Å². The lowest BCUT2D eigenvalue weighted by Gasteiger charge is -2.17. The predicted molar refractivity (Wildman–Crippen MR) is 53.8 cm³/mol. The Bertz CT molecular complexity index is 325. The van der Waals surface area contributed by atoms with E-state index in [0.717, 1.165) is 0 Å². The SMILES string of the molecule is C.CC1C=CC(S(=O)(=O)O)=CC1C. The third-order valence-electron chi connectivity index (χ3n) is 2.12. The van der Waals surface area contributed by atoms with Gasteiger partial charge >= 0.3 is 0 Å². The highest BCUT2D eigenvalue weighted by Crippen LogP contribution is 2.23. The van der Waals surface area contributed by atoms with Crippen molar-refractivity contribution in [3.05, 3.63) is 23.1 Å². The fourth-order valence-corrected chi connectivity index (χ4v) is 1.70. The van der Waals surface area contributed by atoms with E-state index in [-0.39, 0.29) is 18.2 Å². The molecule has 0 radical (unpaired) electrons. The van der Waals surface area contributed by atoms with E-state index >= 15 is 0 Å². The average Bonchev–Trinajstić information content (AvgIpc) is 1.92. The van der Waals surface area contributed by atoms with Gasteiger partial charge in [0.25, 0.3) is 10.1 Å².